The summed E-state index contributed by atoms with van der Waals surface area (Å²) < 4.78 is 0. The monoisotopic (exact) mass is 218 g/mol. The molecule has 0 heterocycles. The zero-order chi connectivity index (χ0) is 11.8. The number of hydrogen-bond donors (Lipinski definition) is 2. The maximum atomic E-state index is 3.52. The molecule has 0 amide bonds. The molecule has 0 spiro atoms. The first kappa shape index (κ1) is 12.6. The minimum absolute atomic E-state index is 0.408. The molecule has 1 rings (SSSR count). The largest absolute Gasteiger partial charge is 0.388 e. The van der Waals surface area contributed by atoms with Gasteiger partial charge in [-0.3, -0.25) is 0 Å². The van der Waals surface area contributed by atoms with E-state index in [0.29, 0.717) is 6.04 Å². The molecule has 0 fully saturated rings. The van der Waals surface area contributed by atoms with E-state index >= 15 is 0 Å². The fraction of sp³-hybridized carbons (Fsp3) is 0.429. The minimum Gasteiger partial charge on any atom is -0.388 e. The van der Waals surface area contributed by atoms with Crippen molar-refractivity contribution in [3.8, 4) is 0 Å². The molecular weight excluding hydrogens is 196 g/mol. The molecule has 0 aromatic heterocycles. The van der Waals surface area contributed by atoms with E-state index in [1.54, 1.807) is 0 Å². The normalized spacial score (nSPS) is 21.1. The molecule has 0 aromatic carbocycles. The third-order valence-corrected chi connectivity index (χ3v) is 2.51. The van der Waals surface area contributed by atoms with Gasteiger partial charge in [-0.15, -0.1) is 0 Å². The molecule has 0 bridgehead atoms. The summed E-state index contributed by atoms with van der Waals surface area (Å²) in [6, 6.07) is 0.408. The molecule has 1 aliphatic rings. The van der Waals surface area contributed by atoms with Crippen molar-refractivity contribution >= 4 is 0 Å². The highest BCUT2D eigenvalue weighted by Crippen LogP contribution is 2.10. The van der Waals surface area contributed by atoms with Crippen LogP contribution in [0.1, 0.15) is 26.7 Å². The number of allylic oxidation sites excluding steroid dienone is 4. The zero-order valence-electron chi connectivity index (χ0n) is 10.5. The molecule has 0 aliphatic heterocycles. The summed E-state index contributed by atoms with van der Waals surface area (Å²) in [6.45, 7) is 4.20. The Labute approximate surface area is 98.8 Å². The predicted octanol–water partition coefficient (Wildman–Crippen LogP) is 2.88. The van der Waals surface area contributed by atoms with Crippen LogP contribution in [0.25, 0.3) is 0 Å². The van der Waals surface area contributed by atoms with Crippen molar-refractivity contribution < 1.29 is 0 Å². The number of likely N-dealkylation sites (N-methyl/N-ethyl adjacent to an activating group) is 1. The topological polar surface area (TPSA) is 24.1 Å². The molecule has 0 saturated carbocycles. The lowest BCUT2D eigenvalue weighted by atomic mass is 10.1. The Morgan fingerprint density at radius 2 is 2.38 bits per heavy atom. The zero-order valence-corrected chi connectivity index (χ0v) is 10.5. The van der Waals surface area contributed by atoms with Gasteiger partial charge >= 0.3 is 0 Å². The summed E-state index contributed by atoms with van der Waals surface area (Å²) in [7, 11) is 1.95. The van der Waals surface area contributed by atoms with Crippen LogP contribution >= 0.6 is 0 Å². The highest BCUT2D eigenvalue weighted by Gasteiger charge is 2.07. The van der Waals surface area contributed by atoms with E-state index in [1.165, 1.54) is 11.4 Å². The maximum Gasteiger partial charge on any atom is 0.0483 e. The smallest absolute Gasteiger partial charge is 0.0483 e. The van der Waals surface area contributed by atoms with Crippen LogP contribution in [0, 0.1) is 0 Å². The quantitative estimate of drug-likeness (QED) is 0.693. The van der Waals surface area contributed by atoms with Crippen molar-refractivity contribution in [3.63, 3.8) is 0 Å². The summed E-state index contributed by atoms with van der Waals surface area (Å²) >= 11 is 0. The molecule has 88 valence electrons. The van der Waals surface area contributed by atoms with Crippen LogP contribution in [0.2, 0.25) is 0 Å². The Morgan fingerprint density at radius 1 is 1.56 bits per heavy atom. The van der Waals surface area contributed by atoms with Crippen LogP contribution in [-0.4, -0.2) is 13.1 Å². The molecule has 2 N–H and O–H groups in total. The number of nitrogens with one attached hydrogen (secondary N) is 2. The van der Waals surface area contributed by atoms with Crippen LogP contribution in [0.3, 0.4) is 0 Å². The van der Waals surface area contributed by atoms with Crippen molar-refractivity contribution in [2.24, 2.45) is 0 Å². The van der Waals surface area contributed by atoms with Crippen molar-refractivity contribution in [1.82, 2.24) is 10.6 Å². The number of hydrogen-bond acceptors (Lipinski definition) is 2. The molecule has 1 unspecified atom stereocenters. The van der Waals surface area contributed by atoms with Crippen molar-refractivity contribution in [1.29, 1.82) is 0 Å². The Kier molecular flexibility index (Phi) is 5.48. The lowest BCUT2D eigenvalue weighted by Crippen LogP contribution is -2.27. The fourth-order valence-electron chi connectivity index (χ4n) is 1.70. The Bertz CT molecular complexity index is 322. The maximum absolute atomic E-state index is 3.52. The Hall–Kier alpha value is -1.44. The van der Waals surface area contributed by atoms with Crippen LogP contribution in [0.4, 0.5) is 0 Å². The van der Waals surface area contributed by atoms with Gasteiger partial charge in [0.25, 0.3) is 0 Å². The van der Waals surface area contributed by atoms with Gasteiger partial charge < -0.3 is 10.6 Å². The molecule has 0 radical (unpaired) electrons. The van der Waals surface area contributed by atoms with Crippen LogP contribution < -0.4 is 10.6 Å². The van der Waals surface area contributed by atoms with E-state index in [1.807, 2.05) is 14.0 Å². The van der Waals surface area contributed by atoms with Crippen LogP contribution in [0.15, 0.2) is 47.9 Å². The van der Waals surface area contributed by atoms with Crippen LogP contribution in [0.5, 0.6) is 0 Å². The highest BCUT2D eigenvalue weighted by atomic mass is 14.9. The third-order valence-electron chi connectivity index (χ3n) is 2.51. The van der Waals surface area contributed by atoms with Crippen LogP contribution in [-0.2, 0) is 0 Å². The van der Waals surface area contributed by atoms with Gasteiger partial charge in [0.1, 0.15) is 0 Å². The van der Waals surface area contributed by atoms with Gasteiger partial charge in [-0.05, 0) is 31.9 Å². The summed E-state index contributed by atoms with van der Waals surface area (Å²) in [6.07, 6.45) is 15.0. The first-order valence-electron chi connectivity index (χ1n) is 5.95. The number of rotatable bonds is 5. The van der Waals surface area contributed by atoms with E-state index in [0.717, 1.165) is 12.8 Å². The van der Waals surface area contributed by atoms with Gasteiger partial charge in [0.05, 0.1) is 0 Å². The average molecular weight is 218 g/mol. The van der Waals surface area contributed by atoms with Crippen molar-refractivity contribution in [2.75, 3.05) is 7.05 Å². The summed E-state index contributed by atoms with van der Waals surface area (Å²) in [5.74, 6) is 0. The van der Waals surface area contributed by atoms with Gasteiger partial charge in [0.2, 0.25) is 0 Å². The fourth-order valence-corrected chi connectivity index (χ4v) is 1.70. The minimum atomic E-state index is 0.408. The van der Waals surface area contributed by atoms with E-state index in [2.05, 4.69) is 54.0 Å². The van der Waals surface area contributed by atoms with Gasteiger partial charge in [-0.25, -0.2) is 0 Å². The first-order chi connectivity index (χ1) is 7.80. The van der Waals surface area contributed by atoms with E-state index in [9.17, 15) is 0 Å². The van der Waals surface area contributed by atoms with E-state index in [-0.39, 0.29) is 0 Å². The molecule has 2 heteroatoms. The molecule has 16 heavy (non-hydrogen) atoms. The van der Waals surface area contributed by atoms with Gasteiger partial charge in [0.15, 0.2) is 0 Å². The third kappa shape index (κ3) is 3.97. The highest BCUT2D eigenvalue weighted by molar-refractivity contribution is 5.26. The SMILES string of the molecule is C/C=C\C(=C/CC)NC1C=CC(NC)=CC1. The second kappa shape index (κ2) is 6.94. The van der Waals surface area contributed by atoms with E-state index < -0.39 is 0 Å². The van der Waals surface area contributed by atoms with E-state index in [4.69, 9.17) is 0 Å². The lowest BCUT2D eigenvalue weighted by molar-refractivity contribution is 0.674. The average Bonchev–Trinajstić information content (AvgIpc) is 2.31. The lowest BCUT2D eigenvalue weighted by Gasteiger charge is -2.19. The molecular formula is C14H22N2. The van der Waals surface area contributed by atoms with Crippen molar-refractivity contribution in [3.05, 3.63) is 47.9 Å². The Balaban J connectivity index is 2.53. The summed E-state index contributed by atoms with van der Waals surface area (Å²) in [4.78, 5) is 0. The molecule has 1 aliphatic carbocycles. The molecule has 1 atom stereocenters. The second-order valence-electron chi connectivity index (χ2n) is 3.82. The first-order valence-corrected chi connectivity index (χ1v) is 5.95. The second-order valence-corrected chi connectivity index (χ2v) is 3.82. The van der Waals surface area contributed by atoms with Crippen molar-refractivity contribution in [2.45, 2.75) is 32.7 Å². The predicted molar refractivity (Wildman–Crippen MR) is 71.0 cm³/mol. The molecule has 0 aromatic rings. The molecule has 2 nitrogen and oxygen atoms in total. The summed E-state index contributed by atoms with van der Waals surface area (Å²) in [5.41, 5.74) is 2.41. The Morgan fingerprint density at radius 3 is 2.88 bits per heavy atom. The van der Waals surface area contributed by atoms with Gasteiger partial charge in [-0.2, -0.15) is 0 Å². The van der Waals surface area contributed by atoms with Gasteiger partial charge in [0, 0.05) is 24.5 Å². The summed E-state index contributed by atoms with van der Waals surface area (Å²) in [5, 5.41) is 6.66. The standard InChI is InChI=1S/C14H22N2/c1-4-6-13(7-5-2)16-14-10-8-12(15-3)9-11-14/h4,6-10,14-16H,5,11H2,1-3H3/b6-4-,13-7+. The molecule has 0 saturated heterocycles. The van der Waals surface area contributed by atoms with Gasteiger partial charge in [-0.1, -0.05) is 31.2 Å².